The predicted molar refractivity (Wildman–Crippen MR) is 67.8 cm³/mol. The van der Waals surface area contributed by atoms with Crippen LogP contribution < -0.4 is 10.6 Å². The Bertz CT molecular complexity index is 289. The van der Waals surface area contributed by atoms with E-state index in [0.29, 0.717) is 12.0 Å². The molecular weight excluding hydrogens is 220 g/mol. The monoisotopic (exact) mass is 240 g/mol. The van der Waals surface area contributed by atoms with Crippen LogP contribution in [0.1, 0.15) is 11.8 Å². The van der Waals surface area contributed by atoms with E-state index < -0.39 is 0 Å². The van der Waals surface area contributed by atoms with Crippen molar-refractivity contribution in [1.82, 2.24) is 10.6 Å². The van der Waals surface area contributed by atoms with E-state index in [1.54, 1.807) is 0 Å². The van der Waals surface area contributed by atoms with Gasteiger partial charge in [-0.2, -0.15) is 0 Å². The molecule has 0 radical (unpaired) electrons. The molecule has 90 valence electrons. The van der Waals surface area contributed by atoms with Gasteiger partial charge in [0, 0.05) is 29.9 Å². The highest BCUT2D eigenvalue weighted by atomic mass is 32.1. The fraction of sp³-hybridized carbons (Fsp3) is 0.667. The molecule has 1 aromatic heterocycles. The van der Waals surface area contributed by atoms with Gasteiger partial charge in [-0.15, -0.1) is 11.3 Å². The zero-order valence-corrected chi connectivity index (χ0v) is 10.6. The molecule has 0 aliphatic carbocycles. The van der Waals surface area contributed by atoms with Gasteiger partial charge in [-0.25, -0.2) is 0 Å². The average molecular weight is 240 g/mol. The molecule has 0 amide bonds. The van der Waals surface area contributed by atoms with Crippen molar-refractivity contribution in [1.29, 1.82) is 0 Å². The molecule has 1 saturated heterocycles. The fourth-order valence-corrected chi connectivity index (χ4v) is 2.76. The first kappa shape index (κ1) is 12.0. The van der Waals surface area contributed by atoms with Crippen LogP contribution in [0.3, 0.4) is 0 Å². The lowest BCUT2D eigenvalue weighted by Crippen LogP contribution is -2.39. The molecule has 3 nitrogen and oxygen atoms in total. The summed E-state index contributed by atoms with van der Waals surface area (Å²) < 4.78 is 5.51. The lowest BCUT2D eigenvalue weighted by molar-refractivity contribution is 0.182. The molecule has 1 aliphatic rings. The van der Waals surface area contributed by atoms with Gasteiger partial charge in [0.15, 0.2) is 0 Å². The Morgan fingerprint density at radius 2 is 2.44 bits per heavy atom. The Labute approximate surface area is 101 Å². The van der Waals surface area contributed by atoms with E-state index >= 15 is 0 Å². The molecule has 0 aromatic carbocycles. The van der Waals surface area contributed by atoms with E-state index in [9.17, 15) is 0 Å². The first-order valence-corrected chi connectivity index (χ1v) is 6.82. The predicted octanol–water partition coefficient (Wildman–Crippen LogP) is 1.46. The van der Waals surface area contributed by atoms with E-state index in [4.69, 9.17) is 4.74 Å². The van der Waals surface area contributed by atoms with Crippen molar-refractivity contribution in [2.75, 3.05) is 26.3 Å². The molecule has 2 rings (SSSR count). The van der Waals surface area contributed by atoms with Gasteiger partial charge in [-0.1, -0.05) is 13.0 Å². The summed E-state index contributed by atoms with van der Waals surface area (Å²) in [5, 5.41) is 9.11. The number of nitrogens with one attached hydrogen (secondary N) is 2. The standard InChI is InChI=1S/C12H20N2OS/c1-2-14-12-9-15-8-10(12)6-13-7-11-4-3-5-16-11/h3-5,10,12-14H,2,6-9H2,1H3. The highest BCUT2D eigenvalue weighted by molar-refractivity contribution is 7.09. The van der Waals surface area contributed by atoms with Crippen LogP contribution in [0.2, 0.25) is 0 Å². The number of hydrogen-bond donors (Lipinski definition) is 2. The number of ether oxygens (including phenoxy) is 1. The topological polar surface area (TPSA) is 33.3 Å². The Morgan fingerprint density at radius 1 is 1.50 bits per heavy atom. The maximum absolute atomic E-state index is 5.51. The summed E-state index contributed by atoms with van der Waals surface area (Å²) in [6.07, 6.45) is 0. The molecule has 16 heavy (non-hydrogen) atoms. The van der Waals surface area contributed by atoms with Gasteiger partial charge >= 0.3 is 0 Å². The molecule has 1 aliphatic heterocycles. The first-order chi connectivity index (χ1) is 7.90. The summed E-state index contributed by atoms with van der Waals surface area (Å²) in [5.74, 6) is 0.611. The number of rotatable bonds is 6. The minimum atomic E-state index is 0.529. The van der Waals surface area contributed by atoms with E-state index in [-0.39, 0.29) is 0 Å². The Hall–Kier alpha value is -0.420. The normalized spacial score (nSPS) is 25.1. The smallest absolute Gasteiger partial charge is 0.0623 e. The summed E-state index contributed by atoms with van der Waals surface area (Å²) in [6.45, 7) is 6.93. The quantitative estimate of drug-likeness (QED) is 0.790. The number of hydrogen-bond acceptors (Lipinski definition) is 4. The van der Waals surface area contributed by atoms with Crippen LogP contribution in [-0.4, -0.2) is 32.3 Å². The molecule has 2 N–H and O–H groups in total. The first-order valence-electron chi connectivity index (χ1n) is 5.94. The summed E-state index contributed by atoms with van der Waals surface area (Å²) in [6, 6.07) is 4.80. The van der Waals surface area contributed by atoms with Crippen molar-refractivity contribution >= 4 is 11.3 Å². The average Bonchev–Trinajstić information content (AvgIpc) is 2.91. The van der Waals surface area contributed by atoms with Gasteiger partial charge in [0.25, 0.3) is 0 Å². The van der Waals surface area contributed by atoms with Gasteiger partial charge in [-0.05, 0) is 18.0 Å². The Balaban J connectivity index is 1.69. The molecule has 0 saturated carbocycles. The van der Waals surface area contributed by atoms with E-state index in [1.807, 2.05) is 11.3 Å². The number of likely N-dealkylation sites (N-methyl/N-ethyl adjacent to an activating group) is 1. The third-order valence-electron chi connectivity index (χ3n) is 2.95. The van der Waals surface area contributed by atoms with Gasteiger partial charge in [0.05, 0.1) is 13.2 Å². The zero-order valence-electron chi connectivity index (χ0n) is 9.74. The molecule has 0 spiro atoms. The molecular formula is C12H20N2OS. The third kappa shape index (κ3) is 3.28. The lowest BCUT2D eigenvalue weighted by atomic mass is 10.0. The van der Waals surface area contributed by atoms with Gasteiger partial charge < -0.3 is 15.4 Å². The zero-order chi connectivity index (χ0) is 11.2. The van der Waals surface area contributed by atoms with Crippen LogP contribution in [0.15, 0.2) is 17.5 Å². The van der Waals surface area contributed by atoms with E-state index in [2.05, 4.69) is 35.1 Å². The summed E-state index contributed by atoms with van der Waals surface area (Å²) in [4.78, 5) is 1.40. The highest BCUT2D eigenvalue weighted by Gasteiger charge is 2.26. The SMILES string of the molecule is CCNC1COCC1CNCc1cccs1. The van der Waals surface area contributed by atoms with Crippen molar-refractivity contribution in [3.8, 4) is 0 Å². The van der Waals surface area contributed by atoms with Crippen molar-refractivity contribution in [2.45, 2.75) is 19.5 Å². The van der Waals surface area contributed by atoms with Crippen LogP contribution in [0.4, 0.5) is 0 Å². The molecule has 2 heterocycles. The third-order valence-corrected chi connectivity index (χ3v) is 3.83. The fourth-order valence-electron chi connectivity index (χ4n) is 2.08. The Morgan fingerprint density at radius 3 is 3.19 bits per heavy atom. The van der Waals surface area contributed by atoms with Crippen LogP contribution in [-0.2, 0) is 11.3 Å². The lowest BCUT2D eigenvalue weighted by Gasteiger charge is -2.18. The van der Waals surface area contributed by atoms with Crippen molar-refractivity contribution in [3.05, 3.63) is 22.4 Å². The van der Waals surface area contributed by atoms with E-state index in [0.717, 1.165) is 32.8 Å². The minimum Gasteiger partial charge on any atom is -0.379 e. The molecule has 2 unspecified atom stereocenters. The summed E-state index contributed by atoms with van der Waals surface area (Å²) in [7, 11) is 0. The van der Waals surface area contributed by atoms with Gasteiger partial charge in [0.2, 0.25) is 0 Å². The maximum atomic E-state index is 5.51. The van der Waals surface area contributed by atoms with Crippen molar-refractivity contribution < 1.29 is 4.74 Å². The van der Waals surface area contributed by atoms with E-state index in [1.165, 1.54) is 4.88 Å². The minimum absolute atomic E-state index is 0.529. The van der Waals surface area contributed by atoms with Gasteiger partial charge in [0.1, 0.15) is 0 Å². The maximum Gasteiger partial charge on any atom is 0.0623 e. The van der Waals surface area contributed by atoms with Crippen LogP contribution in [0, 0.1) is 5.92 Å². The van der Waals surface area contributed by atoms with Crippen LogP contribution in [0.5, 0.6) is 0 Å². The van der Waals surface area contributed by atoms with Crippen LogP contribution >= 0.6 is 11.3 Å². The molecule has 4 heteroatoms. The van der Waals surface area contributed by atoms with Crippen molar-refractivity contribution in [3.63, 3.8) is 0 Å². The van der Waals surface area contributed by atoms with Crippen molar-refractivity contribution in [2.24, 2.45) is 5.92 Å². The summed E-state index contributed by atoms with van der Waals surface area (Å²) in [5.41, 5.74) is 0. The molecule has 1 fully saturated rings. The summed E-state index contributed by atoms with van der Waals surface area (Å²) >= 11 is 1.81. The molecule has 0 bridgehead atoms. The second-order valence-electron chi connectivity index (χ2n) is 4.17. The second kappa shape index (κ2) is 6.35. The molecule has 2 atom stereocenters. The second-order valence-corrected chi connectivity index (χ2v) is 5.20. The van der Waals surface area contributed by atoms with Gasteiger partial charge in [-0.3, -0.25) is 0 Å². The number of thiophene rings is 1. The largest absolute Gasteiger partial charge is 0.379 e. The Kier molecular flexibility index (Phi) is 4.78. The highest BCUT2D eigenvalue weighted by Crippen LogP contribution is 2.13. The van der Waals surface area contributed by atoms with Crippen LogP contribution in [0.25, 0.3) is 0 Å². The molecule has 1 aromatic rings.